The van der Waals surface area contributed by atoms with Gasteiger partial charge < -0.3 is 31.1 Å². The number of carbonyl (C=O) groups is 4. The molecule has 0 aliphatic carbocycles. The maximum Gasteiger partial charge on any atom is 0.409 e. The summed E-state index contributed by atoms with van der Waals surface area (Å²) in [7, 11) is 5.45. The van der Waals surface area contributed by atoms with Gasteiger partial charge in [0.25, 0.3) is 0 Å². The third-order valence-electron chi connectivity index (χ3n) is 4.67. The lowest BCUT2D eigenvalue weighted by Gasteiger charge is -2.17. The SMILES string of the molecule is CC(=O)Nc1nc(CCc2ccc(N=CNC(=O)O)cc2)c(CN(C)CCC(=O)N(C)C)s1.NC(=O)O. The number of primary amides is 1. The summed E-state index contributed by atoms with van der Waals surface area (Å²) >= 11 is 1.45. The summed E-state index contributed by atoms with van der Waals surface area (Å²) < 4.78 is 0. The molecule has 0 aliphatic rings. The van der Waals surface area contributed by atoms with Crippen molar-refractivity contribution in [1.29, 1.82) is 0 Å². The number of thiazole rings is 1. The Kier molecular flexibility index (Phi) is 13.3. The van der Waals surface area contributed by atoms with E-state index in [-0.39, 0.29) is 11.8 Å². The number of carboxylic acid groups (broad SMARTS) is 2. The van der Waals surface area contributed by atoms with Crippen molar-refractivity contribution in [3.63, 3.8) is 0 Å². The summed E-state index contributed by atoms with van der Waals surface area (Å²) in [4.78, 5) is 55.9. The lowest BCUT2D eigenvalue weighted by Crippen LogP contribution is -2.27. The second-order valence-corrected chi connectivity index (χ2v) is 9.14. The number of hydrogen-bond acceptors (Lipinski definition) is 8. The van der Waals surface area contributed by atoms with E-state index in [9.17, 15) is 14.4 Å². The third-order valence-corrected chi connectivity index (χ3v) is 5.67. The number of nitrogens with one attached hydrogen (secondary N) is 2. The fourth-order valence-corrected chi connectivity index (χ4v) is 4.05. The van der Waals surface area contributed by atoms with Crippen LogP contribution in [0.1, 0.15) is 29.5 Å². The normalized spacial score (nSPS) is 10.5. The second kappa shape index (κ2) is 15.9. The van der Waals surface area contributed by atoms with Crippen LogP contribution in [0.2, 0.25) is 0 Å². The van der Waals surface area contributed by atoms with Crippen molar-refractivity contribution in [1.82, 2.24) is 20.1 Å². The molecule has 0 unspecified atom stereocenters. The zero-order chi connectivity index (χ0) is 28.0. The number of benzene rings is 1. The van der Waals surface area contributed by atoms with Crippen molar-refractivity contribution in [3.05, 3.63) is 40.4 Å². The van der Waals surface area contributed by atoms with E-state index in [2.05, 4.69) is 31.2 Å². The number of aromatic nitrogens is 1. The zero-order valence-electron chi connectivity index (χ0n) is 21.2. The van der Waals surface area contributed by atoms with Gasteiger partial charge in [-0.05, 0) is 37.6 Å². The van der Waals surface area contributed by atoms with Crippen LogP contribution in [-0.2, 0) is 29.0 Å². The maximum atomic E-state index is 11.9. The molecule has 6 N–H and O–H groups in total. The minimum Gasteiger partial charge on any atom is -0.465 e. The number of carbonyl (C=O) groups excluding carboxylic acids is 2. The first-order chi connectivity index (χ1) is 17.4. The minimum atomic E-state index is -1.33. The lowest BCUT2D eigenvalue weighted by atomic mass is 10.1. The number of nitrogens with zero attached hydrogens (tertiary/aromatic N) is 4. The molecule has 0 atom stereocenters. The summed E-state index contributed by atoms with van der Waals surface area (Å²) in [6.45, 7) is 2.72. The van der Waals surface area contributed by atoms with Gasteiger partial charge in [-0.1, -0.05) is 12.1 Å². The molecule has 13 nitrogen and oxygen atoms in total. The van der Waals surface area contributed by atoms with Crippen LogP contribution in [0.3, 0.4) is 0 Å². The van der Waals surface area contributed by atoms with Gasteiger partial charge in [-0.2, -0.15) is 0 Å². The minimum absolute atomic E-state index is 0.0804. The third kappa shape index (κ3) is 13.6. The predicted molar refractivity (Wildman–Crippen MR) is 141 cm³/mol. The van der Waals surface area contributed by atoms with Gasteiger partial charge in [0, 0.05) is 45.4 Å². The van der Waals surface area contributed by atoms with Crippen LogP contribution in [0.5, 0.6) is 0 Å². The first-order valence-electron chi connectivity index (χ1n) is 11.1. The van der Waals surface area contributed by atoms with Gasteiger partial charge in [-0.3, -0.25) is 14.9 Å². The molecule has 1 heterocycles. The Morgan fingerprint density at radius 3 is 2.27 bits per heavy atom. The molecule has 0 radical (unpaired) electrons. The average Bonchev–Trinajstić information content (AvgIpc) is 3.16. The summed E-state index contributed by atoms with van der Waals surface area (Å²) in [6, 6.07) is 7.51. The number of hydrogen-bond donors (Lipinski definition) is 5. The van der Waals surface area contributed by atoms with Gasteiger partial charge in [0.05, 0.1) is 17.7 Å². The first kappa shape index (κ1) is 31.0. The Balaban J connectivity index is 0.00000159. The number of anilines is 1. The monoisotopic (exact) mass is 535 g/mol. The van der Waals surface area contributed by atoms with Gasteiger partial charge in [-0.15, -0.1) is 11.3 Å². The van der Waals surface area contributed by atoms with Crippen molar-refractivity contribution in [2.45, 2.75) is 32.7 Å². The van der Waals surface area contributed by atoms with Crippen LogP contribution in [0.4, 0.5) is 20.4 Å². The molecule has 1 aromatic carbocycles. The summed E-state index contributed by atoms with van der Waals surface area (Å²) in [5.41, 5.74) is 6.68. The van der Waals surface area contributed by atoms with E-state index in [4.69, 9.17) is 15.0 Å². The quantitative estimate of drug-likeness (QED) is 0.214. The number of aliphatic imine (C=N–C) groups is 1. The van der Waals surface area contributed by atoms with Gasteiger partial charge in [-0.25, -0.2) is 19.6 Å². The number of aryl methyl sites for hydroxylation is 2. The lowest BCUT2D eigenvalue weighted by molar-refractivity contribution is -0.129. The van der Waals surface area contributed by atoms with Crippen LogP contribution in [-0.4, -0.2) is 83.0 Å². The van der Waals surface area contributed by atoms with Gasteiger partial charge in [0.2, 0.25) is 11.8 Å². The molecule has 4 amide bonds. The molecule has 2 aromatic rings. The number of amides is 4. The smallest absolute Gasteiger partial charge is 0.409 e. The average molecular weight is 536 g/mol. The highest BCUT2D eigenvalue weighted by Gasteiger charge is 2.15. The molecular formula is C23H33N7O6S. The Morgan fingerprint density at radius 2 is 1.73 bits per heavy atom. The number of rotatable bonds is 11. The van der Waals surface area contributed by atoms with Gasteiger partial charge >= 0.3 is 12.2 Å². The molecule has 0 saturated heterocycles. The summed E-state index contributed by atoms with van der Waals surface area (Å²) in [5, 5.41) is 21.2. The number of nitrogens with two attached hydrogens (primary N) is 1. The van der Waals surface area contributed by atoms with Crippen molar-refractivity contribution >= 4 is 52.5 Å². The first-order valence-corrected chi connectivity index (χ1v) is 11.9. The molecule has 1 aromatic heterocycles. The van der Waals surface area contributed by atoms with E-state index < -0.39 is 12.2 Å². The predicted octanol–water partition coefficient (Wildman–Crippen LogP) is 2.35. The van der Waals surface area contributed by atoms with E-state index in [0.717, 1.165) is 28.9 Å². The Hall–Kier alpha value is -4.04. The molecule has 0 saturated carbocycles. The van der Waals surface area contributed by atoms with E-state index in [0.29, 0.717) is 36.8 Å². The second-order valence-electron chi connectivity index (χ2n) is 8.06. The fourth-order valence-electron chi connectivity index (χ4n) is 2.91. The van der Waals surface area contributed by atoms with Crippen LogP contribution in [0, 0.1) is 0 Å². The molecule has 2 rings (SSSR count). The van der Waals surface area contributed by atoms with E-state index >= 15 is 0 Å². The Bertz CT molecular complexity index is 1080. The van der Waals surface area contributed by atoms with E-state index in [1.165, 1.54) is 18.3 Å². The van der Waals surface area contributed by atoms with Crippen molar-refractivity contribution in [3.8, 4) is 0 Å². The van der Waals surface area contributed by atoms with Crippen LogP contribution < -0.4 is 16.4 Å². The topological polar surface area (TPSA) is 191 Å². The van der Waals surface area contributed by atoms with Crippen molar-refractivity contribution in [2.24, 2.45) is 10.7 Å². The highest BCUT2D eigenvalue weighted by atomic mass is 32.1. The highest BCUT2D eigenvalue weighted by molar-refractivity contribution is 7.15. The van der Waals surface area contributed by atoms with E-state index in [1.807, 2.05) is 31.3 Å². The molecule has 0 spiro atoms. The van der Waals surface area contributed by atoms with Crippen LogP contribution in [0.25, 0.3) is 0 Å². The molecule has 0 bridgehead atoms. The van der Waals surface area contributed by atoms with Gasteiger partial charge in [0.15, 0.2) is 5.13 Å². The fraction of sp³-hybridized carbons (Fsp3) is 0.391. The molecule has 0 fully saturated rings. The summed E-state index contributed by atoms with van der Waals surface area (Å²) in [5.74, 6) is -0.0860. The van der Waals surface area contributed by atoms with Gasteiger partial charge in [0.1, 0.15) is 0 Å². The standard InChI is InChI=1S/C22H30N6O4S.CH3NO2/c1-15(29)25-21-26-18(19(33-21)13-28(4)12-11-20(30)27(2)3)10-7-16-5-8-17(9-6-16)23-14-24-22(31)32;2-1(3)4/h5-6,8-9,14H,7,10-13H2,1-4H3,(H,23,24)(H,31,32)(H,25,26,29);2H2,(H,3,4). The van der Waals surface area contributed by atoms with Crippen molar-refractivity contribution < 1.29 is 29.4 Å². The highest BCUT2D eigenvalue weighted by Crippen LogP contribution is 2.26. The Labute approximate surface area is 219 Å². The summed E-state index contributed by atoms with van der Waals surface area (Å²) in [6.07, 6.45) is 0.510. The largest absolute Gasteiger partial charge is 0.465 e. The maximum absolute atomic E-state index is 11.9. The molecule has 14 heteroatoms. The molecule has 0 aliphatic heterocycles. The Morgan fingerprint density at radius 1 is 1.11 bits per heavy atom. The van der Waals surface area contributed by atoms with Crippen LogP contribution in [0.15, 0.2) is 29.3 Å². The molecule has 202 valence electrons. The zero-order valence-corrected chi connectivity index (χ0v) is 22.0. The molecular weight excluding hydrogens is 502 g/mol. The van der Waals surface area contributed by atoms with Crippen molar-refractivity contribution in [2.75, 3.05) is 33.0 Å². The van der Waals surface area contributed by atoms with Crippen LogP contribution >= 0.6 is 11.3 Å². The van der Waals surface area contributed by atoms with E-state index in [1.54, 1.807) is 19.0 Å². The molecule has 37 heavy (non-hydrogen) atoms.